The molecule has 0 aliphatic heterocycles. The van der Waals surface area contributed by atoms with Gasteiger partial charge in [0.2, 0.25) is 0 Å². The van der Waals surface area contributed by atoms with Crippen LogP contribution in [0.15, 0.2) is 83.4 Å². The molecule has 0 aromatic heterocycles. The van der Waals surface area contributed by atoms with E-state index in [4.69, 9.17) is 9.84 Å². The minimum atomic E-state index is -1.09. The van der Waals surface area contributed by atoms with Crippen LogP contribution in [0.2, 0.25) is 0 Å². The summed E-state index contributed by atoms with van der Waals surface area (Å²) in [5, 5.41) is 13.9. The average molecular weight is 521 g/mol. The molecular weight excluding hydrogens is 500 g/mol. The molecule has 1 aliphatic carbocycles. The number of ether oxygens (including phenoxy) is 1. The Hall–Kier alpha value is -3.91. The third-order valence-electron chi connectivity index (χ3n) is 5.45. The number of fused-ring (bicyclic) bond motifs is 3. The molecule has 0 fully saturated rings. The largest absolute Gasteiger partial charge is 0.478 e. The number of rotatable bonds is 7. The Balaban J connectivity index is 1.40. The van der Waals surface area contributed by atoms with E-state index in [-0.39, 0.29) is 19.1 Å². The second kappa shape index (κ2) is 10.4. The summed E-state index contributed by atoms with van der Waals surface area (Å²) in [4.78, 5) is 35.4. The van der Waals surface area contributed by atoms with Crippen LogP contribution in [-0.2, 0) is 9.53 Å². The van der Waals surface area contributed by atoms with Gasteiger partial charge in [0.1, 0.15) is 6.61 Å². The molecule has 0 radical (unpaired) electrons. The van der Waals surface area contributed by atoms with Crippen LogP contribution in [0.4, 0.5) is 10.5 Å². The average Bonchev–Trinajstić information content (AvgIpc) is 3.15. The van der Waals surface area contributed by atoms with Crippen molar-refractivity contribution in [1.82, 2.24) is 5.32 Å². The predicted molar refractivity (Wildman–Crippen MR) is 132 cm³/mol. The highest BCUT2D eigenvalue weighted by molar-refractivity contribution is 9.10. The van der Waals surface area contributed by atoms with Crippen LogP contribution in [0.5, 0.6) is 0 Å². The molecule has 0 unspecified atom stereocenters. The quantitative estimate of drug-likeness (QED) is 0.372. The lowest BCUT2D eigenvalue weighted by molar-refractivity contribution is -0.131. The summed E-state index contributed by atoms with van der Waals surface area (Å²) in [6, 6.07) is 20.9. The van der Waals surface area contributed by atoms with Gasteiger partial charge in [-0.3, -0.25) is 10.1 Å². The van der Waals surface area contributed by atoms with Crippen LogP contribution < -0.4 is 10.6 Å². The topological polar surface area (TPSA) is 105 Å². The van der Waals surface area contributed by atoms with Gasteiger partial charge in [0, 0.05) is 28.6 Å². The number of anilines is 1. The maximum Gasteiger partial charge on any atom is 0.411 e. The lowest BCUT2D eigenvalue weighted by Crippen LogP contribution is -2.24. The third-order valence-corrected chi connectivity index (χ3v) is 6.14. The first-order valence-electron chi connectivity index (χ1n) is 10.5. The lowest BCUT2D eigenvalue weighted by atomic mass is 9.98. The summed E-state index contributed by atoms with van der Waals surface area (Å²) >= 11 is 3.37. The van der Waals surface area contributed by atoms with Crippen LogP contribution in [0.25, 0.3) is 11.1 Å². The standard InChI is InChI=1S/C26H21BrN2O5/c27-22-12-11-16(25(32)28-13-5-10-24(30)31)14-23(22)29-26(33)34-15-21-19-8-3-1-6-17(19)18-7-2-4-9-20(18)21/h1-12,14,21H,13,15H2,(H,28,32)(H,29,33)(H,30,31)/b10-5+. The Labute approximate surface area is 204 Å². The van der Waals surface area contributed by atoms with Crippen molar-refractivity contribution in [1.29, 1.82) is 0 Å². The highest BCUT2D eigenvalue weighted by atomic mass is 79.9. The first kappa shape index (κ1) is 23.3. The van der Waals surface area contributed by atoms with E-state index >= 15 is 0 Å². The fraction of sp³-hybridized carbons (Fsp3) is 0.115. The molecule has 8 heteroatoms. The molecule has 0 saturated carbocycles. The zero-order valence-corrected chi connectivity index (χ0v) is 19.5. The van der Waals surface area contributed by atoms with E-state index in [0.717, 1.165) is 28.3 Å². The molecule has 34 heavy (non-hydrogen) atoms. The van der Waals surface area contributed by atoms with Crippen LogP contribution >= 0.6 is 15.9 Å². The summed E-state index contributed by atoms with van der Waals surface area (Å²) in [5.41, 5.74) is 5.21. The highest BCUT2D eigenvalue weighted by Gasteiger charge is 2.29. The minimum Gasteiger partial charge on any atom is -0.478 e. The Morgan fingerprint density at radius 1 is 0.971 bits per heavy atom. The van der Waals surface area contributed by atoms with E-state index in [0.29, 0.717) is 15.7 Å². The van der Waals surface area contributed by atoms with Crippen molar-refractivity contribution in [3.05, 3.63) is 100 Å². The molecule has 0 bridgehead atoms. The van der Waals surface area contributed by atoms with Crippen molar-refractivity contribution in [2.24, 2.45) is 0 Å². The van der Waals surface area contributed by atoms with Gasteiger partial charge in [0.05, 0.1) is 5.69 Å². The van der Waals surface area contributed by atoms with Crippen molar-refractivity contribution in [3.63, 3.8) is 0 Å². The van der Waals surface area contributed by atoms with E-state index in [1.807, 2.05) is 36.4 Å². The normalized spacial score (nSPS) is 12.1. The van der Waals surface area contributed by atoms with Crippen LogP contribution in [0.3, 0.4) is 0 Å². The monoisotopic (exact) mass is 520 g/mol. The van der Waals surface area contributed by atoms with E-state index in [9.17, 15) is 14.4 Å². The number of benzene rings is 3. The van der Waals surface area contributed by atoms with E-state index < -0.39 is 18.0 Å². The van der Waals surface area contributed by atoms with Crippen molar-refractivity contribution in [2.45, 2.75) is 5.92 Å². The van der Waals surface area contributed by atoms with Crippen molar-refractivity contribution < 1.29 is 24.2 Å². The van der Waals surface area contributed by atoms with Crippen molar-refractivity contribution in [2.75, 3.05) is 18.5 Å². The first-order chi connectivity index (χ1) is 16.4. The summed E-state index contributed by atoms with van der Waals surface area (Å²) in [6.45, 7) is 0.240. The molecule has 3 aromatic carbocycles. The van der Waals surface area contributed by atoms with Gasteiger partial charge in [-0.05, 0) is 56.4 Å². The number of hydrogen-bond donors (Lipinski definition) is 3. The molecule has 0 heterocycles. The Morgan fingerprint density at radius 2 is 1.62 bits per heavy atom. The van der Waals surface area contributed by atoms with Crippen molar-refractivity contribution >= 4 is 39.6 Å². The molecule has 0 saturated heterocycles. The van der Waals surface area contributed by atoms with Crippen molar-refractivity contribution in [3.8, 4) is 11.1 Å². The second-order valence-electron chi connectivity index (χ2n) is 7.60. The number of carbonyl (C=O) groups is 3. The molecule has 172 valence electrons. The van der Waals surface area contributed by atoms with Gasteiger partial charge in [-0.1, -0.05) is 54.6 Å². The molecule has 3 aromatic rings. The van der Waals surface area contributed by atoms with Gasteiger partial charge in [-0.25, -0.2) is 9.59 Å². The number of halogens is 1. The summed E-state index contributed by atoms with van der Waals surface area (Å²) in [5.74, 6) is -1.55. The number of carboxylic acid groups (broad SMARTS) is 1. The van der Waals surface area contributed by atoms with E-state index in [1.165, 1.54) is 12.1 Å². The summed E-state index contributed by atoms with van der Waals surface area (Å²) in [7, 11) is 0. The number of amides is 2. The molecule has 4 rings (SSSR count). The van der Waals surface area contributed by atoms with Gasteiger partial charge in [-0.15, -0.1) is 0 Å². The van der Waals surface area contributed by atoms with Crippen LogP contribution in [0.1, 0.15) is 27.4 Å². The molecule has 3 N–H and O–H groups in total. The maximum atomic E-state index is 12.6. The Morgan fingerprint density at radius 3 is 2.26 bits per heavy atom. The number of nitrogens with one attached hydrogen (secondary N) is 2. The Bertz CT molecular complexity index is 1240. The lowest BCUT2D eigenvalue weighted by Gasteiger charge is -2.15. The van der Waals surface area contributed by atoms with Crippen LogP contribution in [-0.4, -0.2) is 36.2 Å². The molecule has 0 atom stereocenters. The molecule has 0 spiro atoms. The first-order valence-corrected chi connectivity index (χ1v) is 11.3. The highest BCUT2D eigenvalue weighted by Crippen LogP contribution is 2.44. The second-order valence-corrected chi connectivity index (χ2v) is 8.45. The summed E-state index contributed by atoms with van der Waals surface area (Å²) < 4.78 is 6.15. The zero-order valence-electron chi connectivity index (χ0n) is 18.0. The van der Waals surface area contributed by atoms with Gasteiger partial charge in [-0.2, -0.15) is 0 Å². The smallest absolute Gasteiger partial charge is 0.411 e. The third kappa shape index (κ3) is 5.18. The summed E-state index contributed by atoms with van der Waals surface area (Å²) in [6.07, 6.45) is 1.64. The molecular formula is C26H21BrN2O5. The fourth-order valence-electron chi connectivity index (χ4n) is 3.92. The van der Waals surface area contributed by atoms with Gasteiger partial charge >= 0.3 is 12.1 Å². The fourth-order valence-corrected chi connectivity index (χ4v) is 4.27. The number of aliphatic carboxylic acids is 1. The van der Waals surface area contributed by atoms with Gasteiger partial charge in [0.15, 0.2) is 0 Å². The minimum absolute atomic E-state index is 0.0578. The molecule has 2 amide bonds. The van der Waals surface area contributed by atoms with E-state index in [1.54, 1.807) is 12.1 Å². The molecule has 1 aliphatic rings. The molecule has 7 nitrogen and oxygen atoms in total. The SMILES string of the molecule is O=C(O)/C=C/CNC(=O)c1ccc(Br)c(NC(=O)OCC2c3ccccc3-c3ccccc32)c1. The number of carbonyl (C=O) groups excluding carboxylic acids is 2. The predicted octanol–water partition coefficient (Wildman–Crippen LogP) is 5.18. The van der Waals surface area contributed by atoms with Gasteiger partial charge < -0.3 is 15.2 Å². The van der Waals surface area contributed by atoms with E-state index in [2.05, 4.69) is 38.7 Å². The number of hydrogen-bond acceptors (Lipinski definition) is 4. The number of carboxylic acids is 1. The van der Waals surface area contributed by atoms with Gasteiger partial charge in [0.25, 0.3) is 5.91 Å². The zero-order chi connectivity index (χ0) is 24.1. The maximum absolute atomic E-state index is 12.6. The Kier molecular flexibility index (Phi) is 7.08. The van der Waals surface area contributed by atoms with Crippen LogP contribution in [0, 0.1) is 0 Å².